The highest BCUT2D eigenvalue weighted by Gasteiger charge is 2.33. The Bertz CT molecular complexity index is 836. The minimum Gasteiger partial charge on any atom is -0.390 e. The van der Waals surface area contributed by atoms with Crippen molar-refractivity contribution in [2.45, 2.75) is 38.3 Å². The van der Waals surface area contributed by atoms with E-state index in [9.17, 15) is 4.79 Å². The van der Waals surface area contributed by atoms with Gasteiger partial charge in [-0.1, -0.05) is 41.4 Å². The molecule has 0 unspecified atom stereocenters. The van der Waals surface area contributed by atoms with Gasteiger partial charge in [0.05, 0.1) is 12.3 Å². The normalized spacial score (nSPS) is 19.1. The zero-order chi connectivity index (χ0) is 18.6. The number of amides is 1. The van der Waals surface area contributed by atoms with E-state index in [0.29, 0.717) is 24.5 Å². The Morgan fingerprint density at radius 1 is 1.22 bits per heavy atom. The molecule has 1 saturated carbocycles. The zero-order valence-corrected chi connectivity index (χ0v) is 15.8. The number of oxime groups is 1. The minimum absolute atomic E-state index is 0.132. The molecule has 6 heteroatoms. The molecule has 5 nitrogen and oxygen atoms in total. The summed E-state index contributed by atoms with van der Waals surface area (Å²) in [6.07, 6.45) is 7.12. The number of nitrogens with zero attached hydrogens (tertiary/aromatic N) is 3. The minimum atomic E-state index is -0.147. The number of halogens is 1. The van der Waals surface area contributed by atoms with Gasteiger partial charge in [-0.05, 0) is 36.6 Å². The molecule has 0 saturated heterocycles. The van der Waals surface area contributed by atoms with Gasteiger partial charge in [-0.25, -0.2) is 0 Å². The van der Waals surface area contributed by atoms with Gasteiger partial charge in [-0.2, -0.15) is 0 Å². The van der Waals surface area contributed by atoms with Gasteiger partial charge < -0.3 is 9.74 Å². The smallest absolute Gasteiger partial charge is 0.226 e. The molecule has 0 spiro atoms. The summed E-state index contributed by atoms with van der Waals surface area (Å²) in [6, 6.07) is 11.5. The largest absolute Gasteiger partial charge is 0.390 e. The zero-order valence-electron chi connectivity index (χ0n) is 15.1. The lowest BCUT2D eigenvalue weighted by molar-refractivity contribution is -0.140. The summed E-state index contributed by atoms with van der Waals surface area (Å²) < 4.78 is 0. The van der Waals surface area contributed by atoms with Gasteiger partial charge in [0.25, 0.3) is 0 Å². The van der Waals surface area contributed by atoms with Crippen LogP contribution < -0.4 is 0 Å². The van der Waals surface area contributed by atoms with Crippen LogP contribution in [0.4, 0.5) is 0 Å². The lowest BCUT2D eigenvalue weighted by Crippen LogP contribution is -2.42. The number of carbonyl (C=O) groups is 1. The molecule has 1 aliphatic heterocycles. The maximum Gasteiger partial charge on any atom is 0.226 e. The van der Waals surface area contributed by atoms with Crippen LogP contribution in [0.1, 0.15) is 36.8 Å². The molecule has 0 N–H and O–H groups in total. The molecule has 2 heterocycles. The third-order valence-electron chi connectivity index (χ3n) is 5.24. The molecular weight excluding hydrogens is 362 g/mol. The first-order valence-electron chi connectivity index (χ1n) is 9.36. The first-order valence-corrected chi connectivity index (χ1v) is 9.74. The van der Waals surface area contributed by atoms with Crippen LogP contribution in [0, 0.1) is 5.92 Å². The van der Waals surface area contributed by atoms with E-state index in [2.05, 4.69) is 10.1 Å². The Kier molecular flexibility index (Phi) is 5.39. The van der Waals surface area contributed by atoms with Gasteiger partial charge in [0, 0.05) is 41.9 Å². The predicted molar refractivity (Wildman–Crippen MR) is 104 cm³/mol. The van der Waals surface area contributed by atoms with Crippen LogP contribution in [0.5, 0.6) is 0 Å². The van der Waals surface area contributed by atoms with E-state index in [1.807, 2.05) is 41.3 Å². The van der Waals surface area contributed by atoms with Crippen molar-refractivity contribution in [1.82, 2.24) is 9.88 Å². The van der Waals surface area contributed by atoms with E-state index in [-0.39, 0.29) is 17.9 Å². The van der Waals surface area contributed by atoms with Crippen molar-refractivity contribution >= 4 is 23.2 Å². The Balaban J connectivity index is 1.45. The van der Waals surface area contributed by atoms with Gasteiger partial charge >= 0.3 is 0 Å². The topological polar surface area (TPSA) is 54.8 Å². The Morgan fingerprint density at radius 3 is 2.78 bits per heavy atom. The summed E-state index contributed by atoms with van der Waals surface area (Å²) in [4.78, 5) is 24.6. The molecule has 1 aromatic heterocycles. The number of aromatic nitrogens is 1. The van der Waals surface area contributed by atoms with Crippen LogP contribution >= 0.6 is 11.6 Å². The molecule has 1 amide bonds. The number of carbonyl (C=O) groups excluding carboxylic acids is 1. The second-order valence-electron chi connectivity index (χ2n) is 7.15. The van der Waals surface area contributed by atoms with Crippen LogP contribution in [-0.4, -0.2) is 34.2 Å². The number of hydrogen-bond donors (Lipinski definition) is 0. The Morgan fingerprint density at radius 2 is 2.07 bits per heavy atom. The second kappa shape index (κ2) is 8.09. The highest BCUT2D eigenvalue weighted by molar-refractivity contribution is 6.31. The summed E-state index contributed by atoms with van der Waals surface area (Å²) in [5.74, 6) is 0.326. The highest BCUT2D eigenvalue weighted by atomic mass is 35.5. The van der Waals surface area contributed by atoms with Gasteiger partial charge in [0.1, 0.15) is 0 Å². The third kappa shape index (κ3) is 4.14. The van der Waals surface area contributed by atoms with Crippen molar-refractivity contribution in [2.75, 3.05) is 6.54 Å². The maximum absolute atomic E-state index is 13.0. The molecule has 0 bridgehead atoms. The van der Waals surface area contributed by atoms with E-state index in [1.54, 1.807) is 12.4 Å². The molecule has 1 fully saturated rings. The molecule has 1 aromatic carbocycles. The van der Waals surface area contributed by atoms with Gasteiger partial charge in [-0.15, -0.1) is 0 Å². The van der Waals surface area contributed by atoms with Gasteiger partial charge in [-0.3, -0.25) is 9.78 Å². The Labute approximate surface area is 164 Å². The lowest BCUT2D eigenvalue weighted by atomic mass is 9.84. The van der Waals surface area contributed by atoms with Crippen molar-refractivity contribution in [1.29, 1.82) is 0 Å². The van der Waals surface area contributed by atoms with Crippen LogP contribution in [0.15, 0.2) is 53.9 Å². The summed E-state index contributed by atoms with van der Waals surface area (Å²) in [5.41, 5.74) is 2.79. The van der Waals surface area contributed by atoms with Gasteiger partial charge in [0.2, 0.25) is 5.91 Å². The molecule has 4 rings (SSSR count). The molecule has 0 radical (unpaired) electrons. The summed E-state index contributed by atoms with van der Waals surface area (Å²) in [7, 11) is 0. The Hall–Kier alpha value is -2.40. The average Bonchev–Trinajstić information content (AvgIpc) is 3.11. The van der Waals surface area contributed by atoms with E-state index in [1.165, 1.54) is 0 Å². The van der Waals surface area contributed by atoms with E-state index < -0.39 is 0 Å². The fourth-order valence-corrected chi connectivity index (χ4v) is 3.65. The number of hydrogen-bond acceptors (Lipinski definition) is 4. The SMILES string of the molecule is O=C(C1CCC1)N(Cc1ccccc1Cl)C[C@@H]1CC(c2cccnc2)=NO1. The number of pyridine rings is 1. The first kappa shape index (κ1) is 18.0. The molecular formula is C21H22ClN3O2. The monoisotopic (exact) mass is 383 g/mol. The lowest BCUT2D eigenvalue weighted by Gasteiger charge is -2.33. The van der Waals surface area contributed by atoms with Crippen molar-refractivity contribution in [3.05, 3.63) is 64.9 Å². The quantitative estimate of drug-likeness (QED) is 0.755. The molecule has 27 heavy (non-hydrogen) atoms. The standard InChI is InChI=1S/C21H22ClN3O2/c22-19-9-2-1-5-17(19)13-25(21(26)15-6-3-7-15)14-18-11-20(24-27-18)16-8-4-10-23-12-16/h1-2,4-5,8-10,12,15,18H,3,6-7,11,13-14H2/t18-/m0/s1. The van der Waals surface area contributed by atoms with Crippen LogP contribution in [-0.2, 0) is 16.2 Å². The van der Waals surface area contributed by atoms with Crippen LogP contribution in [0.3, 0.4) is 0 Å². The van der Waals surface area contributed by atoms with E-state index in [0.717, 1.165) is 36.1 Å². The summed E-state index contributed by atoms with van der Waals surface area (Å²) in [6.45, 7) is 1.00. The molecule has 1 aliphatic carbocycles. The fraction of sp³-hybridized carbons (Fsp3) is 0.381. The summed E-state index contributed by atoms with van der Waals surface area (Å²) >= 11 is 6.32. The third-order valence-corrected chi connectivity index (χ3v) is 5.61. The van der Waals surface area contributed by atoms with Crippen molar-refractivity contribution < 1.29 is 9.63 Å². The van der Waals surface area contributed by atoms with Gasteiger partial charge in [0.15, 0.2) is 6.10 Å². The first-order chi connectivity index (χ1) is 13.2. The second-order valence-corrected chi connectivity index (χ2v) is 7.56. The highest BCUT2D eigenvalue weighted by Crippen LogP contribution is 2.30. The number of benzene rings is 1. The van der Waals surface area contributed by atoms with Crippen LogP contribution in [0.2, 0.25) is 5.02 Å². The molecule has 140 valence electrons. The summed E-state index contributed by atoms with van der Waals surface area (Å²) in [5, 5.41) is 4.90. The average molecular weight is 384 g/mol. The molecule has 2 aromatic rings. The van der Waals surface area contributed by atoms with Crippen molar-refractivity contribution in [2.24, 2.45) is 11.1 Å². The van der Waals surface area contributed by atoms with Crippen LogP contribution in [0.25, 0.3) is 0 Å². The molecule has 2 aliphatic rings. The predicted octanol–water partition coefficient (Wildman–Crippen LogP) is 4.06. The number of rotatable bonds is 6. The van der Waals surface area contributed by atoms with E-state index >= 15 is 0 Å². The van der Waals surface area contributed by atoms with Crippen molar-refractivity contribution in [3.63, 3.8) is 0 Å². The van der Waals surface area contributed by atoms with E-state index in [4.69, 9.17) is 16.4 Å². The molecule has 1 atom stereocenters. The fourth-order valence-electron chi connectivity index (χ4n) is 3.45. The van der Waals surface area contributed by atoms with Crippen molar-refractivity contribution in [3.8, 4) is 0 Å². The maximum atomic E-state index is 13.0.